The summed E-state index contributed by atoms with van der Waals surface area (Å²) in [4.78, 5) is 14.2. The number of aromatic nitrogens is 1. The molecule has 3 nitrogen and oxygen atoms in total. The van der Waals surface area contributed by atoms with E-state index < -0.39 is 0 Å². The van der Waals surface area contributed by atoms with Gasteiger partial charge in [-0.1, -0.05) is 11.6 Å². The van der Waals surface area contributed by atoms with Crippen molar-refractivity contribution in [2.45, 2.75) is 0 Å². The number of hydrogen-bond acceptors (Lipinski definition) is 2. The lowest BCUT2D eigenvalue weighted by atomic mass is 10.2. The first-order valence-electron chi connectivity index (χ1n) is 3.68. The Bertz CT molecular complexity index is 518. The fraction of sp³-hybridized carbons (Fsp3) is 0. The van der Waals surface area contributed by atoms with Gasteiger partial charge in [0.15, 0.2) is 0 Å². The number of hydrogen-bond donors (Lipinski definition) is 2. The summed E-state index contributed by atoms with van der Waals surface area (Å²) in [5.74, 6) is 0.116. The molecule has 0 bridgehead atoms. The topological polar surface area (TPSA) is 53.1 Å². The molecular formula is C9H6ClNO2. The van der Waals surface area contributed by atoms with Crippen molar-refractivity contribution < 1.29 is 5.11 Å². The highest BCUT2D eigenvalue weighted by Crippen LogP contribution is 2.16. The normalized spacial score (nSPS) is 10.5. The fourth-order valence-corrected chi connectivity index (χ4v) is 1.34. The molecular weight excluding hydrogens is 190 g/mol. The average molecular weight is 196 g/mol. The number of halogens is 1. The smallest absolute Gasteiger partial charge is 0.207 e. The number of fused-ring (bicyclic) bond motifs is 1. The molecule has 0 aliphatic heterocycles. The van der Waals surface area contributed by atoms with E-state index in [9.17, 15) is 4.79 Å². The van der Waals surface area contributed by atoms with Crippen molar-refractivity contribution >= 4 is 22.5 Å². The predicted molar refractivity (Wildman–Crippen MR) is 51.2 cm³/mol. The first-order valence-corrected chi connectivity index (χ1v) is 4.06. The summed E-state index contributed by atoms with van der Waals surface area (Å²) < 4.78 is 0. The molecule has 4 heteroatoms. The molecule has 2 aromatic rings. The monoisotopic (exact) mass is 195 g/mol. The SMILES string of the molecule is O=c1c(Cl)c[nH]c2cc(O)ccc12. The van der Waals surface area contributed by atoms with E-state index in [0.29, 0.717) is 10.9 Å². The number of pyridine rings is 1. The van der Waals surface area contributed by atoms with Crippen LogP contribution in [0.25, 0.3) is 10.9 Å². The van der Waals surface area contributed by atoms with E-state index in [1.54, 1.807) is 0 Å². The Morgan fingerprint density at radius 3 is 2.92 bits per heavy atom. The van der Waals surface area contributed by atoms with E-state index in [4.69, 9.17) is 16.7 Å². The lowest BCUT2D eigenvalue weighted by Crippen LogP contribution is -2.02. The third-order valence-electron chi connectivity index (χ3n) is 1.82. The van der Waals surface area contributed by atoms with Gasteiger partial charge in [-0.05, 0) is 12.1 Å². The maximum Gasteiger partial charge on any atom is 0.207 e. The summed E-state index contributed by atoms with van der Waals surface area (Å²) >= 11 is 5.62. The predicted octanol–water partition coefficient (Wildman–Crippen LogP) is 1.89. The Labute approximate surface area is 78.6 Å². The minimum atomic E-state index is -0.226. The molecule has 0 atom stereocenters. The summed E-state index contributed by atoms with van der Waals surface area (Å²) in [5, 5.41) is 9.76. The number of nitrogens with one attached hydrogen (secondary N) is 1. The minimum absolute atomic E-state index is 0.116. The number of H-pyrrole nitrogens is 1. The zero-order chi connectivity index (χ0) is 9.42. The molecule has 0 spiro atoms. The molecule has 0 saturated carbocycles. The van der Waals surface area contributed by atoms with Crippen LogP contribution in [0.2, 0.25) is 5.02 Å². The van der Waals surface area contributed by atoms with Crippen LogP contribution in [0.15, 0.2) is 29.2 Å². The van der Waals surface area contributed by atoms with Gasteiger partial charge in [0.1, 0.15) is 10.8 Å². The second kappa shape index (κ2) is 2.78. The summed E-state index contributed by atoms with van der Waals surface area (Å²) in [7, 11) is 0. The van der Waals surface area contributed by atoms with Crippen LogP contribution < -0.4 is 5.43 Å². The number of phenolic OH excluding ortho intramolecular Hbond substituents is 1. The van der Waals surface area contributed by atoms with Gasteiger partial charge in [0, 0.05) is 17.6 Å². The first kappa shape index (κ1) is 8.13. The summed E-state index contributed by atoms with van der Waals surface area (Å²) in [6, 6.07) is 4.47. The van der Waals surface area contributed by atoms with Crippen molar-refractivity contribution in [1.29, 1.82) is 0 Å². The highest BCUT2D eigenvalue weighted by Gasteiger charge is 2.02. The standard InChI is InChI=1S/C9H6ClNO2/c10-7-4-11-8-3-5(12)1-2-6(8)9(7)13/h1-4,12H,(H,11,13). The molecule has 0 saturated heterocycles. The molecule has 13 heavy (non-hydrogen) atoms. The second-order valence-corrected chi connectivity index (χ2v) is 3.10. The highest BCUT2D eigenvalue weighted by molar-refractivity contribution is 6.31. The number of aromatic hydroxyl groups is 1. The third kappa shape index (κ3) is 1.27. The number of benzene rings is 1. The number of aromatic amines is 1. The molecule has 2 N–H and O–H groups in total. The van der Waals surface area contributed by atoms with Gasteiger partial charge in [-0.15, -0.1) is 0 Å². The second-order valence-electron chi connectivity index (χ2n) is 2.70. The van der Waals surface area contributed by atoms with Crippen LogP contribution in [0.1, 0.15) is 0 Å². The van der Waals surface area contributed by atoms with Gasteiger partial charge in [0.2, 0.25) is 5.43 Å². The Kier molecular flexibility index (Phi) is 1.74. The van der Waals surface area contributed by atoms with Gasteiger partial charge >= 0.3 is 0 Å². The minimum Gasteiger partial charge on any atom is -0.508 e. The van der Waals surface area contributed by atoms with Crippen LogP contribution in [-0.4, -0.2) is 10.1 Å². The van der Waals surface area contributed by atoms with Crippen molar-refractivity contribution in [3.8, 4) is 5.75 Å². The maximum absolute atomic E-state index is 11.4. The van der Waals surface area contributed by atoms with Gasteiger partial charge in [0.25, 0.3) is 0 Å². The van der Waals surface area contributed by atoms with E-state index in [-0.39, 0.29) is 16.2 Å². The van der Waals surface area contributed by atoms with Crippen LogP contribution in [-0.2, 0) is 0 Å². The third-order valence-corrected chi connectivity index (χ3v) is 2.10. The molecule has 2 rings (SSSR count). The van der Waals surface area contributed by atoms with Gasteiger partial charge in [-0.2, -0.15) is 0 Å². The first-order chi connectivity index (χ1) is 6.18. The van der Waals surface area contributed by atoms with Crippen LogP contribution in [0.4, 0.5) is 0 Å². The molecule has 0 amide bonds. The Hall–Kier alpha value is -1.48. The Balaban J connectivity index is 2.95. The van der Waals surface area contributed by atoms with Gasteiger partial charge in [-0.25, -0.2) is 0 Å². The molecule has 0 aliphatic rings. The van der Waals surface area contributed by atoms with Crippen LogP contribution >= 0.6 is 11.6 Å². The molecule has 0 aliphatic carbocycles. The molecule has 1 heterocycles. The summed E-state index contributed by atoms with van der Waals surface area (Å²) in [6.45, 7) is 0. The zero-order valence-electron chi connectivity index (χ0n) is 6.54. The largest absolute Gasteiger partial charge is 0.508 e. The Morgan fingerprint density at radius 1 is 1.38 bits per heavy atom. The molecule has 1 aromatic carbocycles. The van der Waals surface area contributed by atoms with Gasteiger partial charge in [-0.3, -0.25) is 4.79 Å². The molecule has 1 aromatic heterocycles. The zero-order valence-corrected chi connectivity index (χ0v) is 7.30. The highest BCUT2D eigenvalue weighted by atomic mass is 35.5. The van der Waals surface area contributed by atoms with E-state index in [1.165, 1.54) is 24.4 Å². The van der Waals surface area contributed by atoms with E-state index in [2.05, 4.69) is 4.98 Å². The van der Waals surface area contributed by atoms with Crippen molar-refractivity contribution in [3.05, 3.63) is 39.6 Å². The van der Waals surface area contributed by atoms with Crippen molar-refractivity contribution in [1.82, 2.24) is 4.98 Å². The van der Waals surface area contributed by atoms with Gasteiger partial charge in [0.05, 0.1) is 5.52 Å². The van der Waals surface area contributed by atoms with E-state index >= 15 is 0 Å². The van der Waals surface area contributed by atoms with Crippen LogP contribution in [0.5, 0.6) is 5.75 Å². The maximum atomic E-state index is 11.4. The van der Waals surface area contributed by atoms with Crippen molar-refractivity contribution in [3.63, 3.8) is 0 Å². The number of rotatable bonds is 0. The van der Waals surface area contributed by atoms with Crippen LogP contribution in [0.3, 0.4) is 0 Å². The molecule has 66 valence electrons. The van der Waals surface area contributed by atoms with Crippen LogP contribution in [0, 0.1) is 0 Å². The molecule has 0 unspecified atom stereocenters. The summed E-state index contributed by atoms with van der Waals surface area (Å²) in [6.07, 6.45) is 1.41. The van der Waals surface area contributed by atoms with Crippen molar-refractivity contribution in [2.24, 2.45) is 0 Å². The average Bonchev–Trinajstić information content (AvgIpc) is 2.12. The lowest BCUT2D eigenvalue weighted by molar-refractivity contribution is 0.476. The van der Waals surface area contributed by atoms with E-state index in [1.807, 2.05) is 0 Å². The lowest BCUT2D eigenvalue weighted by Gasteiger charge is -1.98. The summed E-state index contributed by atoms with van der Waals surface area (Å²) in [5.41, 5.74) is 0.352. The van der Waals surface area contributed by atoms with Gasteiger partial charge < -0.3 is 10.1 Å². The van der Waals surface area contributed by atoms with Crippen molar-refractivity contribution in [2.75, 3.05) is 0 Å². The number of phenols is 1. The Morgan fingerprint density at radius 2 is 2.15 bits per heavy atom. The molecule has 0 radical (unpaired) electrons. The fourth-order valence-electron chi connectivity index (χ4n) is 1.18. The molecule has 0 fully saturated rings. The quantitative estimate of drug-likeness (QED) is 0.675. The van der Waals surface area contributed by atoms with E-state index in [0.717, 1.165) is 0 Å².